The first kappa shape index (κ1) is 21.8. The van der Waals surface area contributed by atoms with Crippen LogP contribution in [0.3, 0.4) is 0 Å². The third kappa shape index (κ3) is 5.28. The zero-order valence-electron chi connectivity index (χ0n) is 18.4. The lowest BCUT2D eigenvalue weighted by Gasteiger charge is -2.41. The number of esters is 1. The Morgan fingerprint density at radius 2 is 1.77 bits per heavy atom. The monoisotopic (exact) mass is 426 g/mol. The van der Waals surface area contributed by atoms with Crippen LogP contribution in [0.4, 0.5) is 4.79 Å². The highest BCUT2D eigenvalue weighted by atomic mass is 16.5. The van der Waals surface area contributed by atoms with Crippen molar-refractivity contribution in [3.05, 3.63) is 47.2 Å². The summed E-state index contributed by atoms with van der Waals surface area (Å²) in [6.45, 7) is 6.61. The van der Waals surface area contributed by atoms with Crippen LogP contribution >= 0.6 is 0 Å². The molecule has 2 aliphatic heterocycles. The summed E-state index contributed by atoms with van der Waals surface area (Å²) in [7, 11) is 0. The van der Waals surface area contributed by atoms with Gasteiger partial charge in [-0.05, 0) is 25.3 Å². The van der Waals surface area contributed by atoms with E-state index in [0.717, 1.165) is 37.8 Å². The minimum absolute atomic E-state index is 0.280. The molecule has 1 aromatic carbocycles. The number of hydrogen-bond donors (Lipinski definition) is 2. The summed E-state index contributed by atoms with van der Waals surface area (Å²) in [5, 5.41) is 5.80. The lowest BCUT2D eigenvalue weighted by molar-refractivity contribution is -0.139. The van der Waals surface area contributed by atoms with Crippen LogP contribution in [-0.2, 0) is 9.53 Å². The second-order valence-corrected chi connectivity index (χ2v) is 8.66. The van der Waals surface area contributed by atoms with Crippen molar-refractivity contribution < 1.29 is 14.3 Å². The summed E-state index contributed by atoms with van der Waals surface area (Å²) in [6.07, 6.45) is 6.70. The number of nitrogens with zero attached hydrogens (tertiary/aromatic N) is 2. The maximum absolute atomic E-state index is 12.9. The molecule has 168 valence electrons. The van der Waals surface area contributed by atoms with Gasteiger partial charge in [0.15, 0.2) is 0 Å². The molecule has 2 N–H and O–H groups in total. The van der Waals surface area contributed by atoms with Gasteiger partial charge >= 0.3 is 12.0 Å². The normalized spacial score (nSPS) is 23.9. The molecular weight excluding hydrogens is 392 g/mol. The maximum Gasteiger partial charge on any atom is 0.338 e. The van der Waals surface area contributed by atoms with Gasteiger partial charge in [-0.1, -0.05) is 49.6 Å². The molecule has 1 saturated heterocycles. The van der Waals surface area contributed by atoms with E-state index in [9.17, 15) is 9.59 Å². The third-order valence-corrected chi connectivity index (χ3v) is 6.66. The number of hydrogen-bond acceptors (Lipinski definition) is 5. The quantitative estimate of drug-likeness (QED) is 0.685. The predicted octanol–water partition coefficient (Wildman–Crippen LogP) is 2.81. The van der Waals surface area contributed by atoms with Crippen LogP contribution in [0.1, 0.15) is 50.6 Å². The number of benzene rings is 1. The van der Waals surface area contributed by atoms with Crippen molar-refractivity contribution >= 4 is 12.0 Å². The molecule has 2 heterocycles. The van der Waals surface area contributed by atoms with E-state index < -0.39 is 6.04 Å². The van der Waals surface area contributed by atoms with Gasteiger partial charge in [0, 0.05) is 44.5 Å². The molecule has 1 saturated carbocycles. The molecule has 31 heavy (non-hydrogen) atoms. The lowest BCUT2D eigenvalue weighted by atomic mass is 9.93. The molecule has 3 aliphatic rings. The van der Waals surface area contributed by atoms with E-state index in [1.54, 1.807) is 6.92 Å². The maximum atomic E-state index is 12.9. The molecule has 0 radical (unpaired) electrons. The first-order valence-electron chi connectivity index (χ1n) is 11.6. The Kier molecular flexibility index (Phi) is 7.25. The van der Waals surface area contributed by atoms with E-state index >= 15 is 0 Å². The second kappa shape index (κ2) is 10.3. The topological polar surface area (TPSA) is 73.9 Å². The van der Waals surface area contributed by atoms with E-state index in [1.807, 2.05) is 30.3 Å². The molecule has 1 aliphatic carbocycles. The predicted molar refractivity (Wildman–Crippen MR) is 119 cm³/mol. The highest BCUT2D eigenvalue weighted by molar-refractivity contribution is 5.95. The zero-order chi connectivity index (χ0) is 21.6. The number of carbonyl (C=O) groups is 2. The smallest absolute Gasteiger partial charge is 0.338 e. The molecule has 0 unspecified atom stereocenters. The van der Waals surface area contributed by atoms with Gasteiger partial charge in [0.2, 0.25) is 0 Å². The van der Waals surface area contributed by atoms with Gasteiger partial charge in [-0.3, -0.25) is 9.80 Å². The van der Waals surface area contributed by atoms with Gasteiger partial charge in [-0.2, -0.15) is 0 Å². The molecule has 2 amide bonds. The molecule has 1 atom stereocenters. The number of nitrogens with one attached hydrogen (secondary N) is 2. The molecule has 1 aromatic rings. The first-order chi connectivity index (χ1) is 15.2. The highest BCUT2D eigenvalue weighted by Gasteiger charge is 2.35. The minimum atomic E-state index is -0.507. The number of ether oxygens (including phenoxy) is 1. The van der Waals surface area contributed by atoms with Crippen molar-refractivity contribution in [2.75, 3.05) is 39.3 Å². The van der Waals surface area contributed by atoms with Gasteiger partial charge in [0.1, 0.15) is 0 Å². The summed E-state index contributed by atoms with van der Waals surface area (Å²) < 4.78 is 5.37. The second-order valence-electron chi connectivity index (χ2n) is 8.66. The van der Waals surface area contributed by atoms with Crippen molar-refractivity contribution in [3.8, 4) is 0 Å². The highest BCUT2D eigenvalue weighted by Crippen LogP contribution is 2.29. The Labute approximate surface area is 184 Å². The summed E-state index contributed by atoms with van der Waals surface area (Å²) in [6, 6.07) is 9.54. The molecular formula is C24H34N4O3. The van der Waals surface area contributed by atoms with Crippen molar-refractivity contribution in [3.63, 3.8) is 0 Å². The number of carbonyl (C=O) groups excluding carboxylic acids is 2. The Hall–Kier alpha value is -2.38. The molecule has 0 aromatic heterocycles. The Morgan fingerprint density at radius 3 is 2.45 bits per heavy atom. The standard InChI is InChI=1S/C24H34N4O3/c1-2-31-23(29)21-20(25-24(30)26-22(21)18-9-5-3-6-10-18)17-27-13-15-28(16-14-27)19-11-7-4-8-12-19/h3,5-6,9-10,19,22H,2,4,7-8,11-17H2,1H3,(H2,25,26,30)/t22-/m0/s1. The van der Waals surface area contributed by atoms with E-state index in [-0.39, 0.29) is 12.0 Å². The Bertz CT molecular complexity index is 796. The number of amides is 2. The molecule has 2 fully saturated rings. The van der Waals surface area contributed by atoms with Gasteiger partial charge in [0.05, 0.1) is 18.2 Å². The lowest BCUT2D eigenvalue weighted by Crippen LogP contribution is -2.53. The molecule has 7 nitrogen and oxygen atoms in total. The van der Waals surface area contributed by atoms with Crippen LogP contribution in [0.2, 0.25) is 0 Å². The summed E-state index contributed by atoms with van der Waals surface area (Å²) in [5.74, 6) is -0.375. The van der Waals surface area contributed by atoms with Crippen LogP contribution in [0.15, 0.2) is 41.6 Å². The average Bonchev–Trinajstić information content (AvgIpc) is 2.80. The number of piperazine rings is 1. The fraction of sp³-hybridized carbons (Fsp3) is 0.583. The molecule has 0 spiro atoms. The first-order valence-corrected chi connectivity index (χ1v) is 11.6. The van der Waals surface area contributed by atoms with Gasteiger partial charge < -0.3 is 15.4 Å². The Balaban J connectivity index is 1.50. The van der Waals surface area contributed by atoms with Crippen LogP contribution in [0.5, 0.6) is 0 Å². The van der Waals surface area contributed by atoms with E-state index in [4.69, 9.17) is 4.74 Å². The summed E-state index contributed by atoms with van der Waals surface area (Å²) in [5.41, 5.74) is 2.03. The van der Waals surface area contributed by atoms with E-state index in [0.29, 0.717) is 24.4 Å². The average molecular weight is 427 g/mol. The largest absolute Gasteiger partial charge is 0.463 e. The number of rotatable bonds is 6. The minimum Gasteiger partial charge on any atom is -0.463 e. The summed E-state index contributed by atoms with van der Waals surface area (Å²) >= 11 is 0. The van der Waals surface area contributed by atoms with Crippen LogP contribution in [0, 0.1) is 0 Å². The Morgan fingerprint density at radius 1 is 1.06 bits per heavy atom. The van der Waals surface area contributed by atoms with Crippen molar-refractivity contribution in [1.29, 1.82) is 0 Å². The van der Waals surface area contributed by atoms with E-state index in [1.165, 1.54) is 32.1 Å². The van der Waals surface area contributed by atoms with Gasteiger partial charge in [0.25, 0.3) is 0 Å². The van der Waals surface area contributed by atoms with E-state index in [2.05, 4.69) is 20.4 Å². The van der Waals surface area contributed by atoms with Crippen molar-refractivity contribution in [2.24, 2.45) is 0 Å². The fourth-order valence-corrected chi connectivity index (χ4v) is 5.04. The summed E-state index contributed by atoms with van der Waals surface area (Å²) in [4.78, 5) is 30.3. The van der Waals surface area contributed by atoms with Crippen LogP contribution in [0.25, 0.3) is 0 Å². The van der Waals surface area contributed by atoms with Gasteiger partial charge in [-0.25, -0.2) is 9.59 Å². The van der Waals surface area contributed by atoms with Crippen molar-refractivity contribution in [1.82, 2.24) is 20.4 Å². The SMILES string of the molecule is CCOC(=O)C1=C(CN2CCN(C3CCCCC3)CC2)NC(=O)N[C@H]1c1ccccc1. The van der Waals surface area contributed by atoms with Crippen LogP contribution < -0.4 is 10.6 Å². The molecule has 0 bridgehead atoms. The van der Waals surface area contributed by atoms with Gasteiger partial charge in [-0.15, -0.1) is 0 Å². The third-order valence-electron chi connectivity index (χ3n) is 6.66. The molecule has 7 heteroatoms. The van der Waals surface area contributed by atoms with Crippen LogP contribution in [-0.4, -0.2) is 67.2 Å². The zero-order valence-corrected chi connectivity index (χ0v) is 18.4. The molecule has 4 rings (SSSR count). The number of urea groups is 1. The van der Waals surface area contributed by atoms with Crippen molar-refractivity contribution in [2.45, 2.75) is 51.1 Å². The fourth-order valence-electron chi connectivity index (χ4n) is 5.04.